The molecule has 4 heteroatoms. The summed E-state index contributed by atoms with van der Waals surface area (Å²) in [6.07, 6.45) is 1.56. The van der Waals surface area contributed by atoms with Gasteiger partial charge >= 0.3 is 0 Å². The highest BCUT2D eigenvalue weighted by molar-refractivity contribution is 6.31. The fraction of sp³-hybridized carbons (Fsp3) is 0.250. The number of rotatable bonds is 0. The van der Waals surface area contributed by atoms with Crippen LogP contribution >= 0.6 is 11.6 Å². The second-order valence-corrected chi connectivity index (χ2v) is 1.85. The monoisotopic (exact) mass is 130 g/mol. The van der Waals surface area contributed by atoms with Gasteiger partial charge < -0.3 is 0 Å². The Bertz CT molecular complexity index is 173. The first-order valence-corrected chi connectivity index (χ1v) is 2.45. The molecule has 0 aromatic heterocycles. The van der Waals surface area contributed by atoms with Crippen LogP contribution in [0.4, 0.5) is 0 Å². The lowest BCUT2D eigenvalue weighted by atomic mass is 10.4. The molecule has 0 atom stereocenters. The zero-order valence-electron chi connectivity index (χ0n) is 3.97. The van der Waals surface area contributed by atoms with Gasteiger partial charge in [0.1, 0.15) is 0 Å². The lowest BCUT2D eigenvalue weighted by Gasteiger charge is -1.93. The number of halogens is 1. The molecule has 42 valence electrons. The Morgan fingerprint density at radius 1 is 1.75 bits per heavy atom. The van der Waals surface area contributed by atoms with Gasteiger partial charge in [-0.15, -0.1) is 5.11 Å². The van der Waals surface area contributed by atoms with E-state index in [1.807, 2.05) is 0 Å². The Hall–Kier alpha value is -0.700. The average molecular weight is 131 g/mol. The van der Waals surface area contributed by atoms with Crippen LogP contribution in [0.2, 0.25) is 0 Å². The van der Waals surface area contributed by atoms with Gasteiger partial charge in [-0.3, -0.25) is 4.79 Å². The number of amides is 1. The molecule has 1 aliphatic rings. The summed E-state index contributed by atoms with van der Waals surface area (Å²) in [5.74, 6) is -0.280. The van der Waals surface area contributed by atoms with E-state index in [-0.39, 0.29) is 12.3 Å². The zero-order chi connectivity index (χ0) is 5.98. The van der Waals surface area contributed by atoms with E-state index in [0.717, 1.165) is 0 Å². The molecule has 1 rings (SSSR count). The summed E-state index contributed by atoms with van der Waals surface area (Å²) in [6.45, 7) is 0. The summed E-state index contributed by atoms with van der Waals surface area (Å²) in [4.78, 5) is 10.3. The number of nitrogens with zero attached hydrogens (tertiary/aromatic N) is 2. The van der Waals surface area contributed by atoms with Crippen LogP contribution in [-0.2, 0) is 4.79 Å². The van der Waals surface area contributed by atoms with Crippen LogP contribution in [0, 0.1) is 0 Å². The molecular formula is C4H3ClN2O. The predicted molar refractivity (Wildman–Crippen MR) is 28.4 cm³/mol. The third-order valence-corrected chi connectivity index (χ3v) is 0.918. The van der Waals surface area contributed by atoms with Gasteiger partial charge in [-0.1, -0.05) is 11.6 Å². The highest BCUT2D eigenvalue weighted by Gasteiger charge is 2.05. The first kappa shape index (κ1) is 5.44. The molecule has 0 saturated heterocycles. The molecule has 8 heavy (non-hydrogen) atoms. The molecule has 0 spiro atoms. The van der Waals surface area contributed by atoms with Crippen molar-refractivity contribution in [1.82, 2.24) is 0 Å². The third kappa shape index (κ3) is 1.13. The number of hydrogen-bond donors (Lipinski definition) is 0. The van der Waals surface area contributed by atoms with Gasteiger partial charge in [0.05, 0.1) is 12.6 Å². The van der Waals surface area contributed by atoms with E-state index in [1.54, 1.807) is 0 Å². The van der Waals surface area contributed by atoms with E-state index in [4.69, 9.17) is 11.6 Å². The molecule has 0 aliphatic carbocycles. The number of carbonyl (C=O) groups is 1. The van der Waals surface area contributed by atoms with Crippen molar-refractivity contribution < 1.29 is 4.79 Å². The summed E-state index contributed by atoms with van der Waals surface area (Å²) in [5, 5.41) is 6.98. The quantitative estimate of drug-likeness (QED) is 0.489. The molecule has 0 radical (unpaired) electrons. The smallest absolute Gasteiger partial charge is 0.270 e. The maximum Gasteiger partial charge on any atom is 0.270 e. The molecule has 0 bridgehead atoms. The minimum absolute atomic E-state index is 0.199. The molecule has 0 saturated carbocycles. The SMILES string of the molecule is O=C1CC(Cl)=CN=N1. The summed E-state index contributed by atoms with van der Waals surface area (Å²) in [7, 11) is 0. The molecule has 1 aliphatic heterocycles. The van der Waals surface area contributed by atoms with Crippen LogP contribution in [0.5, 0.6) is 0 Å². The van der Waals surface area contributed by atoms with Crippen LogP contribution in [0.3, 0.4) is 0 Å². The summed E-state index contributed by atoms with van der Waals surface area (Å²) < 4.78 is 0. The highest BCUT2D eigenvalue weighted by Crippen LogP contribution is 2.12. The van der Waals surface area contributed by atoms with Crippen molar-refractivity contribution in [3.8, 4) is 0 Å². The Labute approximate surface area is 51.1 Å². The van der Waals surface area contributed by atoms with E-state index >= 15 is 0 Å². The van der Waals surface area contributed by atoms with Crippen LogP contribution < -0.4 is 0 Å². The van der Waals surface area contributed by atoms with Gasteiger partial charge in [-0.05, 0) is 0 Å². The van der Waals surface area contributed by atoms with E-state index in [9.17, 15) is 4.79 Å². The minimum Gasteiger partial charge on any atom is -0.270 e. The van der Waals surface area contributed by atoms with E-state index < -0.39 is 0 Å². The third-order valence-electron chi connectivity index (χ3n) is 0.687. The fourth-order valence-electron chi connectivity index (χ4n) is 0.381. The van der Waals surface area contributed by atoms with Crippen molar-refractivity contribution in [3.05, 3.63) is 11.2 Å². The Balaban J connectivity index is 2.73. The lowest BCUT2D eigenvalue weighted by Crippen LogP contribution is -1.94. The summed E-state index contributed by atoms with van der Waals surface area (Å²) in [5.41, 5.74) is 0. The largest absolute Gasteiger partial charge is 0.270 e. The lowest BCUT2D eigenvalue weighted by molar-refractivity contribution is -0.117. The zero-order valence-corrected chi connectivity index (χ0v) is 4.72. The average Bonchev–Trinajstić information content (AvgIpc) is 1.64. The van der Waals surface area contributed by atoms with E-state index in [2.05, 4.69) is 10.2 Å². The molecule has 1 heterocycles. The van der Waals surface area contributed by atoms with Crippen LogP contribution in [0.1, 0.15) is 6.42 Å². The van der Waals surface area contributed by atoms with Crippen molar-refractivity contribution in [2.75, 3.05) is 0 Å². The standard InChI is InChI=1S/C4H3ClN2O/c5-3-1-4(8)7-6-2-3/h2H,1H2. The summed E-state index contributed by atoms with van der Waals surface area (Å²) in [6, 6.07) is 0. The molecule has 0 aromatic carbocycles. The van der Waals surface area contributed by atoms with Gasteiger partial charge in [-0.25, -0.2) is 0 Å². The van der Waals surface area contributed by atoms with Gasteiger partial charge in [-0.2, -0.15) is 5.11 Å². The second-order valence-electron chi connectivity index (χ2n) is 1.36. The fourth-order valence-corrected chi connectivity index (χ4v) is 0.539. The van der Waals surface area contributed by atoms with Crippen LogP contribution in [-0.4, -0.2) is 5.91 Å². The van der Waals surface area contributed by atoms with Crippen LogP contribution in [0.15, 0.2) is 21.5 Å². The molecule has 3 nitrogen and oxygen atoms in total. The maximum atomic E-state index is 10.3. The van der Waals surface area contributed by atoms with Crippen molar-refractivity contribution in [2.45, 2.75) is 6.42 Å². The first-order chi connectivity index (χ1) is 3.79. The predicted octanol–water partition coefficient (Wildman–Crippen LogP) is 1.45. The maximum absolute atomic E-state index is 10.3. The Kier molecular flexibility index (Phi) is 1.39. The van der Waals surface area contributed by atoms with Crippen LogP contribution in [0.25, 0.3) is 0 Å². The van der Waals surface area contributed by atoms with E-state index in [1.165, 1.54) is 6.20 Å². The van der Waals surface area contributed by atoms with Gasteiger partial charge in [0.25, 0.3) is 5.91 Å². The Morgan fingerprint density at radius 3 is 2.88 bits per heavy atom. The topological polar surface area (TPSA) is 41.8 Å². The van der Waals surface area contributed by atoms with Gasteiger partial charge in [0, 0.05) is 5.03 Å². The molecule has 0 aromatic rings. The minimum atomic E-state index is -0.280. The van der Waals surface area contributed by atoms with Crippen molar-refractivity contribution in [1.29, 1.82) is 0 Å². The van der Waals surface area contributed by atoms with Gasteiger partial charge in [0.2, 0.25) is 0 Å². The number of carbonyl (C=O) groups excluding carboxylic acids is 1. The van der Waals surface area contributed by atoms with Crippen molar-refractivity contribution >= 4 is 17.5 Å². The van der Waals surface area contributed by atoms with Crippen molar-refractivity contribution in [2.24, 2.45) is 10.2 Å². The van der Waals surface area contributed by atoms with Crippen molar-refractivity contribution in [3.63, 3.8) is 0 Å². The highest BCUT2D eigenvalue weighted by atomic mass is 35.5. The first-order valence-electron chi connectivity index (χ1n) is 2.07. The molecule has 0 N–H and O–H groups in total. The molecule has 0 fully saturated rings. The molecule has 1 amide bonds. The van der Waals surface area contributed by atoms with Gasteiger partial charge in [0.15, 0.2) is 0 Å². The molecular weight excluding hydrogens is 128 g/mol. The van der Waals surface area contributed by atoms with E-state index in [0.29, 0.717) is 5.03 Å². The molecule has 0 unspecified atom stereocenters. The normalized spacial score (nSPS) is 18.6. The summed E-state index contributed by atoms with van der Waals surface area (Å²) >= 11 is 5.40. The number of hydrogen-bond acceptors (Lipinski definition) is 2. The Morgan fingerprint density at radius 2 is 2.50 bits per heavy atom. The number of azo groups is 1. The second kappa shape index (κ2) is 2.05.